The van der Waals surface area contributed by atoms with Crippen LogP contribution in [0, 0.1) is 0 Å². The molecule has 0 fully saturated rings. The molecule has 0 unspecified atom stereocenters. The molecule has 6 nitrogen and oxygen atoms in total. The van der Waals surface area contributed by atoms with Crippen molar-refractivity contribution < 1.29 is 17.9 Å². The molecule has 0 radical (unpaired) electrons. The number of nitrogens with zero attached hydrogens (tertiary/aromatic N) is 2. The van der Waals surface area contributed by atoms with Crippen LogP contribution in [0.5, 0.6) is 0 Å². The Kier molecular flexibility index (Phi) is 2.84. The van der Waals surface area contributed by atoms with Crippen molar-refractivity contribution in [2.75, 3.05) is 7.11 Å². The van der Waals surface area contributed by atoms with Gasteiger partial charge < -0.3 is 4.74 Å². The molecule has 1 rings (SSSR count). The first-order valence-electron chi connectivity index (χ1n) is 2.81. The summed E-state index contributed by atoms with van der Waals surface area (Å²) in [6.07, 6.45) is 0. The van der Waals surface area contributed by atoms with Crippen molar-refractivity contribution in [1.29, 1.82) is 0 Å². The minimum atomic E-state index is -3.91. The van der Waals surface area contributed by atoms with Gasteiger partial charge >= 0.3 is 5.97 Å². The lowest BCUT2D eigenvalue weighted by Gasteiger charge is -1.88. The zero-order chi connectivity index (χ0) is 10.1. The number of ether oxygens (including phenoxy) is 1. The number of rotatable bonds is 2. The lowest BCUT2D eigenvalue weighted by molar-refractivity contribution is 0.0599. The summed E-state index contributed by atoms with van der Waals surface area (Å²) in [5, 5.41) is 6.34. The van der Waals surface area contributed by atoms with Crippen LogP contribution in [-0.2, 0) is 13.8 Å². The molecule has 0 N–H and O–H groups in total. The van der Waals surface area contributed by atoms with Crippen LogP contribution in [0.1, 0.15) is 9.80 Å². The molecule has 1 heterocycles. The molecule has 0 amide bonds. The zero-order valence-corrected chi connectivity index (χ0v) is 8.61. The molecule has 0 aliphatic carbocycles. The molecule has 9 heteroatoms. The summed E-state index contributed by atoms with van der Waals surface area (Å²) < 4.78 is 25.2. The van der Waals surface area contributed by atoms with E-state index in [1.54, 1.807) is 0 Å². The van der Waals surface area contributed by atoms with Crippen molar-refractivity contribution >= 4 is 37.0 Å². The number of hydrogen-bond donors (Lipinski definition) is 0. The summed E-state index contributed by atoms with van der Waals surface area (Å²) in [6.45, 7) is 0. The summed E-state index contributed by atoms with van der Waals surface area (Å²) in [6, 6.07) is 0. The normalized spacial score (nSPS) is 11.2. The minimum Gasteiger partial charge on any atom is -0.464 e. The van der Waals surface area contributed by atoms with Crippen molar-refractivity contribution in [2.45, 2.75) is 4.34 Å². The van der Waals surface area contributed by atoms with Crippen molar-refractivity contribution in [3.8, 4) is 0 Å². The molecule has 0 bridgehead atoms. The molecule has 0 aromatic carbocycles. The highest BCUT2D eigenvalue weighted by molar-refractivity contribution is 8.14. The molecule has 0 saturated carbocycles. The van der Waals surface area contributed by atoms with Gasteiger partial charge in [0.2, 0.25) is 9.35 Å². The van der Waals surface area contributed by atoms with E-state index in [-0.39, 0.29) is 5.01 Å². The number of methoxy groups -OCH3 is 1. The third-order valence-electron chi connectivity index (χ3n) is 0.975. The summed E-state index contributed by atoms with van der Waals surface area (Å²) in [7, 11) is 2.18. The van der Waals surface area contributed by atoms with E-state index in [0.29, 0.717) is 11.3 Å². The van der Waals surface area contributed by atoms with Crippen molar-refractivity contribution in [3.63, 3.8) is 0 Å². The van der Waals surface area contributed by atoms with Crippen LogP contribution in [0.4, 0.5) is 0 Å². The highest BCUT2D eigenvalue weighted by atomic mass is 35.7. The van der Waals surface area contributed by atoms with E-state index in [0.717, 1.165) is 7.11 Å². The van der Waals surface area contributed by atoms with E-state index in [1.807, 2.05) is 0 Å². The summed E-state index contributed by atoms with van der Waals surface area (Å²) in [4.78, 5) is 10.8. The lowest BCUT2D eigenvalue weighted by atomic mass is 10.7. The first-order valence-corrected chi connectivity index (χ1v) is 5.94. The van der Waals surface area contributed by atoms with Crippen LogP contribution >= 0.6 is 22.0 Å². The molecule has 1 aromatic heterocycles. The molecule has 1 aromatic rings. The van der Waals surface area contributed by atoms with Gasteiger partial charge in [0, 0.05) is 10.7 Å². The van der Waals surface area contributed by atoms with E-state index in [2.05, 4.69) is 14.9 Å². The van der Waals surface area contributed by atoms with E-state index in [1.165, 1.54) is 0 Å². The van der Waals surface area contributed by atoms with Gasteiger partial charge in [-0.15, -0.1) is 10.2 Å². The topological polar surface area (TPSA) is 86.2 Å². The van der Waals surface area contributed by atoms with Crippen LogP contribution in [0.2, 0.25) is 0 Å². The van der Waals surface area contributed by atoms with Gasteiger partial charge in [-0.25, -0.2) is 13.2 Å². The highest BCUT2D eigenvalue weighted by Crippen LogP contribution is 2.19. The molecule has 72 valence electrons. The van der Waals surface area contributed by atoms with Crippen LogP contribution < -0.4 is 0 Å². The summed E-state index contributed by atoms with van der Waals surface area (Å²) in [5.74, 6) is -0.746. The standard InChI is InChI=1S/C4H3ClN2O4S2/c1-11-3(8)2-6-7-4(12-2)13(5,9)10/h1H3. The Balaban J connectivity index is 3.07. The Labute approximate surface area is 81.9 Å². The van der Waals surface area contributed by atoms with Crippen LogP contribution in [0.15, 0.2) is 4.34 Å². The molecular formula is C4H3ClN2O4S2. The second kappa shape index (κ2) is 3.56. The first kappa shape index (κ1) is 10.4. The lowest BCUT2D eigenvalue weighted by Crippen LogP contribution is -1.99. The Morgan fingerprint density at radius 1 is 1.54 bits per heavy atom. The molecule has 0 aliphatic rings. The van der Waals surface area contributed by atoms with Gasteiger partial charge in [-0.2, -0.15) is 0 Å². The third kappa shape index (κ3) is 2.36. The van der Waals surface area contributed by atoms with Crippen LogP contribution in [0.25, 0.3) is 0 Å². The van der Waals surface area contributed by atoms with Gasteiger partial charge in [0.15, 0.2) is 0 Å². The number of carbonyl (C=O) groups excluding carboxylic acids is 1. The fourth-order valence-electron chi connectivity index (χ4n) is 0.478. The fraction of sp³-hybridized carbons (Fsp3) is 0.250. The van der Waals surface area contributed by atoms with Gasteiger partial charge in [0.25, 0.3) is 9.05 Å². The average molecular weight is 243 g/mol. The monoisotopic (exact) mass is 242 g/mol. The molecule has 0 saturated heterocycles. The van der Waals surface area contributed by atoms with E-state index >= 15 is 0 Å². The highest BCUT2D eigenvalue weighted by Gasteiger charge is 2.20. The minimum absolute atomic E-state index is 0.151. The number of esters is 1. The molecule has 0 spiro atoms. The van der Waals surface area contributed by atoms with Gasteiger partial charge in [-0.3, -0.25) is 0 Å². The second-order valence-electron chi connectivity index (χ2n) is 1.80. The molecule has 0 atom stereocenters. The Morgan fingerprint density at radius 2 is 2.15 bits per heavy atom. The Bertz CT molecular complexity index is 425. The maximum Gasteiger partial charge on any atom is 0.369 e. The first-order chi connectivity index (χ1) is 5.95. The quantitative estimate of drug-likeness (QED) is 0.546. The number of aromatic nitrogens is 2. The van der Waals surface area contributed by atoms with Gasteiger partial charge in [-0.1, -0.05) is 11.3 Å². The summed E-state index contributed by atoms with van der Waals surface area (Å²) in [5.41, 5.74) is 0. The zero-order valence-electron chi connectivity index (χ0n) is 6.22. The SMILES string of the molecule is COC(=O)c1nnc(S(=O)(=O)Cl)s1. The predicted molar refractivity (Wildman–Crippen MR) is 44.3 cm³/mol. The second-order valence-corrected chi connectivity index (χ2v) is 5.52. The maximum atomic E-state index is 10.8. The van der Waals surface area contributed by atoms with Crippen LogP contribution in [-0.4, -0.2) is 31.7 Å². The van der Waals surface area contributed by atoms with Gasteiger partial charge in [-0.05, 0) is 0 Å². The van der Waals surface area contributed by atoms with Crippen molar-refractivity contribution in [3.05, 3.63) is 5.01 Å². The smallest absolute Gasteiger partial charge is 0.369 e. The van der Waals surface area contributed by atoms with Gasteiger partial charge in [0.1, 0.15) is 0 Å². The Hall–Kier alpha value is -0.730. The largest absolute Gasteiger partial charge is 0.464 e. The van der Waals surface area contributed by atoms with Crippen LogP contribution in [0.3, 0.4) is 0 Å². The number of halogens is 1. The number of hydrogen-bond acceptors (Lipinski definition) is 7. The van der Waals surface area contributed by atoms with Crippen molar-refractivity contribution in [2.24, 2.45) is 0 Å². The maximum absolute atomic E-state index is 10.8. The van der Waals surface area contributed by atoms with Gasteiger partial charge in [0.05, 0.1) is 7.11 Å². The fourth-order valence-corrected chi connectivity index (χ4v) is 2.12. The predicted octanol–water partition coefficient (Wildman–Crippen LogP) is 0.252. The van der Waals surface area contributed by atoms with Crippen molar-refractivity contribution in [1.82, 2.24) is 10.2 Å². The van der Waals surface area contributed by atoms with E-state index in [4.69, 9.17) is 10.7 Å². The average Bonchev–Trinajstić information content (AvgIpc) is 2.50. The number of carbonyl (C=O) groups is 1. The third-order valence-corrected chi connectivity index (χ3v) is 3.79. The summed E-state index contributed by atoms with van der Waals surface area (Å²) >= 11 is 0.556. The van der Waals surface area contributed by atoms with E-state index in [9.17, 15) is 13.2 Å². The Morgan fingerprint density at radius 3 is 2.54 bits per heavy atom. The molecular weight excluding hydrogens is 240 g/mol. The molecule has 0 aliphatic heterocycles. The van der Waals surface area contributed by atoms with E-state index < -0.39 is 19.4 Å². The molecule has 13 heavy (non-hydrogen) atoms.